The van der Waals surface area contributed by atoms with Crippen LogP contribution in [0, 0.1) is 0 Å². The normalized spacial score (nSPS) is 24.7. The summed E-state index contributed by atoms with van der Waals surface area (Å²) in [6.07, 6.45) is 6.11. The number of benzene rings is 1. The molecule has 8 heteroatoms. The van der Waals surface area contributed by atoms with Crippen molar-refractivity contribution in [3.05, 3.63) is 23.8 Å². The second kappa shape index (κ2) is 8.53. The molecular weight excluding hydrogens is 386 g/mol. The summed E-state index contributed by atoms with van der Waals surface area (Å²) >= 11 is 0. The molecule has 0 aromatic heterocycles. The van der Waals surface area contributed by atoms with Crippen LogP contribution in [0.4, 0.5) is 4.79 Å². The van der Waals surface area contributed by atoms with Crippen molar-refractivity contribution in [1.29, 1.82) is 0 Å². The third-order valence-corrected chi connectivity index (χ3v) is 6.10. The van der Waals surface area contributed by atoms with Gasteiger partial charge in [0.1, 0.15) is 12.1 Å². The summed E-state index contributed by atoms with van der Waals surface area (Å²) in [6.45, 7) is 3.90. The number of nitrogens with zero attached hydrogens (tertiary/aromatic N) is 2. The van der Waals surface area contributed by atoms with E-state index in [0.717, 1.165) is 37.0 Å². The number of carbonyl (C=O) groups excluding carboxylic acids is 3. The molecule has 4 amide bonds. The summed E-state index contributed by atoms with van der Waals surface area (Å²) in [6, 6.07) is 4.71. The number of urea groups is 1. The van der Waals surface area contributed by atoms with Gasteiger partial charge in [-0.15, -0.1) is 0 Å². The summed E-state index contributed by atoms with van der Waals surface area (Å²) in [7, 11) is 0. The van der Waals surface area contributed by atoms with Gasteiger partial charge in [0.05, 0.1) is 13.2 Å². The molecule has 4 rings (SSSR count). The molecule has 0 radical (unpaired) electrons. The Morgan fingerprint density at radius 2 is 1.67 bits per heavy atom. The highest BCUT2D eigenvalue weighted by Gasteiger charge is 2.50. The minimum atomic E-state index is -1.25. The molecule has 3 aliphatic rings. The van der Waals surface area contributed by atoms with Gasteiger partial charge in [-0.2, -0.15) is 0 Å². The molecule has 2 saturated heterocycles. The lowest BCUT2D eigenvalue weighted by molar-refractivity contribution is -0.139. The van der Waals surface area contributed by atoms with Gasteiger partial charge in [0.2, 0.25) is 5.91 Å². The Morgan fingerprint density at radius 3 is 2.40 bits per heavy atom. The van der Waals surface area contributed by atoms with Gasteiger partial charge in [-0.25, -0.2) is 4.79 Å². The molecule has 30 heavy (non-hydrogen) atoms. The van der Waals surface area contributed by atoms with Gasteiger partial charge in [-0.3, -0.25) is 14.5 Å². The molecule has 0 aliphatic carbocycles. The van der Waals surface area contributed by atoms with Crippen molar-refractivity contribution in [2.45, 2.75) is 51.0 Å². The van der Waals surface area contributed by atoms with Crippen LogP contribution in [0.15, 0.2) is 18.2 Å². The number of carbonyl (C=O) groups is 3. The van der Waals surface area contributed by atoms with Crippen LogP contribution >= 0.6 is 0 Å². The van der Waals surface area contributed by atoms with Crippen LogP contribution in [0.25, 0.3) is 0 Å². The molecule has 1 N–H and O–H groups in total. The highest BCUT2D eigenvalue weighted by molar-refractivity contribution is 6.09. The fourth-order valence-corrected chi connectivity index (χ4v) is 4.24. The van der Waals surface area contributed by atoms with Crippen LogP contribution in [0.1, 0.15) is 51.0 Å². The number of hydrogen-bond donors (Lipinski definition) is 1. The Bertz CT molecular complexity index is 834. The van der Waals surface area contributed by atoms with Crippen molar-refractivity contribution in [3.63, 3.8) is 0 Å². The maximum atomic E-state index is 13.2. The fourth-order valence-electron chi connectivity index (χ4n) is 4.24. The number of fused-ring (bicyclic) bond motifs is 1. The third-order valence-electron chi connectivity index (χ3n) is 6.10. The number of hydrogen-bond acceptors (Lipinski definition) is 5. The van der Waals surface area contributed by atoms with Crippen LogP contribution < -0.4 is 14.8 Å². The van der Waals surface area contributed by atoms with Crippen LogP contribution in [-0.4, -0.2) is 60.5 Å². The van der Waals surface area contributed by atoms with Gasteiger partial charge < -0.3 is 19.7 Å². The van der Waals surface area contributed by atoms with Gasteiger partial charge in [-0.1, -0.05) is 25.3 Å². The first-order valence-electron chi connectivity index (χ1n) is 10.8. The van der Waals surface area contributed by atoms with Crippen LogP contribution in [0.2, 0.25) is 0 Å². The first-order valence-corrected chi connectivity index (χ1v) is 10.8. The van der Waals surface area contributed by atoms with Gasteiger partial charge in [-0.05, 0) is 37.5 Å². The van der Waals surface area contributed by atoms with E-state index >= 15 is 0 Å². The topological polar surface area (TPSA) is 88.2 Å². The van der Waals surface area contributed by atoms with E-state index in [2.05, 4.69) is 5.32 Å². The van der Waals surface area contributed by atoms with Crippen molar-refractivity contribution in [2.24, 2.45) is 0 Å². The van der Waals surface area contributed by atoms with E-state index in [4.69, 9.17) is 9.47 Å². The Morgan fingerprint density at radius 1 is 1.00 bits per heavy atom. The Balaban J connectivity index is 1.50. The molecule has 0 saturated carbocycles. The average molecular weight is 415 g/mol. The summed E-state index contributed by atoms with van der Waals surface area (Å²) in [5, 5.41) is 2.77. The summed E-state index contributed by atoms with van der Waals surface area (Å²) in [4.78, 5) is 41.5. The molecule has 162 valence electrons. The minimum Gasteiger partial charge on any atom is -0.490 e. The second-order valence-electron chi connectivity index (χ2n) is 8.31. The molecule has 8 nitrogen and oxygen atoms in total. The Labute approximate surface area is 176 Å². The van der Waals surface area contributed by atoms with Gasteiger partial charge >= 0.3 is 6.03 Å². The molecule has 0 spiro atoms. The summed E-state index contributed by atoms with van der Waals surface area (Å²) in [5.74, 6) is 0.579. The summed E-state index contributed by atoms with van der Waals surface area (Å²) < 4.78 is 11.4. The zero-order valence-electron chi connectivity index (χ0n) is 17.4. The maximum absolute atomic E-state index is 13.2. The van der Waals surface area contributed by atoms with Crippen LogP contribution in [0.3, 0.4) is 0 Å². The zero-order chi connectivity index (χ0) is 21.1. The van der Waals surface area contributed by atoms with E-state index < -0.39 is 17.5 Å². The maximum Gasteiger partial charge on any atom is 0.325 e. The van der Waals surface area contributed by atoms with E-state index in [-0.39, 0.29) is 12.5 Å². The zero-order valence-corrected chi connectivity index (χ0v) is 17.4. The van der Waals surface area contributed by atoms with Crippen molar-refractivity contribution in [2.75, 3.05) is 32.8 Å². The quantitative estimate of drug-likeness (QED) is 0.766. The molecular formula is C22H29N3O5. The highest BCUT2D eigenvalue weighted by atomic mass is 16.5. The van der Waals surface area contributed by atoms with Crippen LogP contribution in [0.5, 0.6) is 11.5 Å². The standard InChI is InChI=1S/C22H29N3O5/c1-22(16-8-9-17-18(14-16)30-13-7-12-29-17)20(27)25(21(28)23-22)15-19(26)24-10-5-3-2-4-6-11-24/h8-9,14H,2-7,10-13,15H2,1H3,(H,23,28)/t22-/m1/s1. The molecule has 1 aromatic carbocycles. The van der Waals surface area contributed by atoms with E-state index in [1.54, 1.807) is 30.0 Å². The molecule has 3 heterocycles. The highest BCUT2D eigenvalue weighted by Crippen LogP contribution is 2.36. The second-order valence-corrected chi connectivity index (χ2v) is 8.31. The lowest BCUT2D eigenvalue weighted by Gasteiger charge is -2.27. The number of ether oxygens (including phenoxy) is 2. The lowest BCUT2D eigenvalue weighted by atomic mass is 9.91. The smallest absolute Gasteiger partial charge is 0.325 e. The van der Waals surface area contributed by atoms with Crippen LogP contribution in [-0.2, 0) is 15.1 Å². The molecule has 0 unspecified atom stereocenters. The monoisotopic (exact) mass is 415 g/mol. The minimum absolute atomic E-state index is 0.177. The van der Waals surface area contributed by atoms with E-state index in [1.807, 2.05) is 0 Å². The first-order chi connectivity index (χ1) is 14.5. The van der Waals surface area contributed by atoms with Gasteiger partial charge in [0, 0.05) is 19.5 Å². The number of nitrogens with one attached hydrogen (secondary N) is 1. The Kier molecular flexibility index (Phi) is 5.83. The number of rotatable bonds is 3. The molecule has 0 bridgehead atoms. The van der Waals surface area contributed by atoms with Gasteiger partial charge in [0.25, 0.3) is 5.91 Å². The molecule has 2 fully saturated rings. The third kappa shape index (κ3) is 3.95. The number of amides is 4. The number of imide groups is 1. The largest absolute Gasteiger partial charge is 0.490 e. The molecule has 1 aromatic rings. The van der Waals surface area contributed by atoms with E-state index in [9.17, 15) is 14.4 Å². The molecule has 3 aliphatic heterocycles. The van der Waals surface area contributed by atoms with Crippen molar-refractivity contribution in [1.82, 2.24) is 15.1 Å². The average Bonchev–Trinajstić information content (AvgIpc) is 2.87. The predicted molar refractivity (Wildman–Crippen MR) is 109 cm³/mol. The molecule has 1 atom stereocenters. The van der Waals surface area contributed by atoms with E-state index in [1.165, 1.54) is 6.42 Å². The number of likely N-dealkylation sites (tertiary alicyclic amines) is 1. The lowest BCUT2D eigenvalue weighted by Crippen LogP contribution is -2.45. The Hall–Kier alpha value is -2.77. The SMILES string of the molecule is C[C@]1(c2ccc3c(c2)OCCCO3)NC(=O)N(CC(=O)N2CCCCCCC2)C1=O. The fraction of sp³-hybridized carbons (Fsp3) is 0.591. The van der Waals surface area contributed by atoms with Crippen molar-refractivity contribution < 1.29 is 23.9 Å². The van der Waals surface area contributed by atoms with E-state index in [0.29, 0.717) is 43.4 Å². The summed E-state index contributed by atoms with van der Waals surface area (Å²) in [5.41, 5.74) is -0.649. The van der Waals surface area contributed by atoms with Crippen molar-refractivity contribution >= 4 is 17.8 Å². The van der Waals surface area contributed by atoms with Gasteiger partial charge in [0.15, 0.2) is 11.5 Å². The van der Waals surface area contributed by atoms with Crippen molar-refractivity contribution in [3.8, 4) is 11.5 Å². The predicted octanol–water partition coefficient (Wildman–Crippen LogP) is 2.41. The first kappa shape index (κ1) is 20.5.